The molecule has 0 bridgehead atoms. The van der Waals surface area contributed by atoms with Crippen molar-refractivity contribution in [1.82, 2.24) is 10.2 Å². The van der Waals surface area contributed by atoms with E-state index in [1.165, 1.54) is 16.7 Å². The maximum atomic E-state index is 5.51. The Labute approximate surface area is 123 Å². The number of ether oxygens (including phenoxy) is 1. The van der Waals surface area contributed by atoms with Crippen LogP contribution in [0.5, 0.6) is 0 Å². The molecule has 3 heteroatoms. The first-order chi connectivity index (χ1) is 9.61. The van der Waals surface area contributed by atoms with Gasteiger partial charge in [-0.3, -0.25) is 4.90 Å². The molecule has 1 aromatic rings. The molecule has 112 valence electrons. The van der Waals surface area contributed by atoms with Gasteiger partial charge in [-0.25, -0.2) is 0 Å². The Kier molecular flexibility index (Phi) is 5.58. The van der Waals surface area contributed by atoms with Crippen LogP contribution in [0.1, 0.15) is 36.1 Å². The van der Waals surface area contributed by atoms with Crippen LogP contribution in [-0.4, -0.2) is 44.3 Å². The molecule has 0 amide bonds. The number of hydrogen-bond acceptors (Lipinski definition) is 3. The largest absolute Gasteiger partial charge is 0.380 e. The summed E-state index contributed by atoms with van der Waals surface area (Å²) in [5.74, 6) is 0. The van der Waals surface area contributed by atoms with E-state index >= 15 is 0 Å². The van der Waals surface area contributed by atoms with Gasteiger partial charge >= 0.3 is 0 Å². The topological polar surface area (TPSA) is 24.5 Å². The van der Waals surface area contributed by atoms with Gasteiger partial charge in [0, 0.05) is 25.2 Å². The summed E-state index contributed by atoms with van der Waals surface area (Å²) in [6.45, 7) is 10.4. The quantitative estimate of drug-likeness (QED) is 0.864. The first kappa shape index (κ1) is 15.5. The van der Waals surface area contributed by atoms with Crippen molar-refractivity contribution in [2.75, 3.05) is 33.4 Å². The van der Waals surface area contributed by atoms with Gasteiger partial charge in [0.1, 0.15) is 0 Å². The lowest BCUT2D eigenvalue weighted by molar-refractivity contribution is 0.153. The number of nitrogens with one attached hydrogen (secondary N) is 1. The molecule has 2 atom stereocenters. The molecule has 1 saturated heterocycles. The number of benzene rings is 1. The Morgan fingerprint density at radius 3 is 2.85 bits per heavy atom. The highest BCUT2D eigenvalue weighted by Gasteiger charge is 2.23. The van der Waals surface area contributed by atoms with Crippen LogP contribution >= 0.6 is 0 Å². The van der Waals surface area contributed by atoms with Gasteiger partial charge in [0.25, 0.3) is 0 Å². The Hall–Kier alpha value is -0.900. The molecule has 2 unspecified atom stereocenters. The first-order valence-electron chi connectivity index (χ1n) is 7.70. The van der Waals surface area contributed by atoms with Crippen LogP contribution in [0, 0.1) is 13.8 Å². The molecule has 3 nitrogen and oxygen atoms in total. The third-order valence-electron chi connectivity index (χ3n) is 4.26. The van der Waals surface area contributed by atoms with Crippen molar-refractivity contribution in [3.05, 3.63) is 34.9 Å². The SMILES string of the molecule is CCNC(CN(C)C1CCOC1)c1cc(C)ccc1C. The number of likely N-dealkylation sites (N-methyl/N-ethyl adjacent to an activating group) is 2. The minimum absolute atomic E-state index is 0.394. The molecular formula is C17H28N2O. The normalized spacial score (nSPS) is 20.6. The highest BCUT2D eigenvalue weighted by atomic mass is 16.5. The number of hydrogen-bond donors (Lipinski definition) is 1. The molecule has 0 saturated carbocycles. The Morgan fingerprint density at radius 1 is 1.40 bits per heavy atom. The van der Waals surface area contributed by atoms with Gasteiger partial charge in [0.2, 0.25) is 0 Å². The van der Waals surface area contributed by atoms with Crippen LogP contribution in [-0.2, 0) is 4.74 Å². The second-order valence-electron chi connectivity index (χ2n) is 5.93. The number of nitrogens with zero attached hydrogens (tertiary/aromatic N) is 1. The van der Waals surface area contributed by atoms with Gasteiger partial charge in [0.05, 0.1) is 6.61 Å². The van der Waals surface area contributed by atoms with Gasteiger partial charge in [-0.05, 0) is 45.0 Å². The van der Waals surface area contributed by atoms with E-state index in [2.05, 4.69) is 56.2 Å². The van der Waals surface area contributed by atoms with Crippen molar-refractivity contribution in [1.29, 1.82) is 0 Å². The third-order valence-corrected chi connectivity index (χ3v) is 4.26. The zero-order valence-corrected chi connectivity index (χ0v) is 13.3. The molecule has 1 heterocycles. The smallest absolute Gasteiger partial charge is 0.0622 e. The Balaban J connectivity index is 2.11. The van der Waals surface area contributed by atoms with E-state index < -0.39 is 0 Å². The summed E-state index contributed by atoms with van der Waals surface area (Å²) >= 11 is 0. The maximum absolute atomic E-state index is 5.51. The predicted octanol–water partition coefficient (Wildman–Crippen LogP) is 2.67. The Morgan fingerprint density at radius 2 is 2.20 bits per heavy atom. The number of aryl methyl sites for hydroxylation is 2. The van der Waals surface area contributed by atoms with Crippen LogP contribution in [0.2, 0.25) is 0 Å². The van der Waals surface area contributed by atoms with Crippen LogP contribution in [0.3, 0.4) is 0 Å². The van der Waals surface area contributed by atoms with E-state index in [-0.39, 0.29) is 0 Å². The van der Waals surface area contributed by atoms with E-state index in [0.717, 1.165) is 32.7 Å². The summed E-state index contributed by atoms with van der Waals surface area (Å²) in [4.78, 5) is 2.45. The fraction of sp³-hybridized carbons (Fsp3) is 0.647. The van der Waals surface area contributed by atoms with E-state index in [4.69, 9.17) is 4.74 Å². The van der Waals surface area contributed by atoms with Crippen molar-refractivity contribution >= 4 is 0 Å². The van der Waals surface area contributed by atoms with Crippen LogP contribution in [0.25, 0.3) is 0 Å². The molecular weight excluding hydrogens is 248 g/mol. The molecule has 0 spiro atoms. The lowest BCUT2D eigenvalue weighted by atomic mass is 9.98. The van der Waals surface area contributed by atoms with Gasteiger partial charge in [-0.15, -0.1) is 0 Å². The molecule has 1 aliphatic heterocycles. The molecule has 1 aromatic carbocycles. The molecule has 1 N–H and O–H groups in total. The van der Waals surface area contributed by atoms with Crippen molar-refractivity contribution in [2.45, 2.75) is 39.3 Å². The summed E-state index contributed by atoms with van der Waals surface area (Å²) < 4.78 is 5.51. The molecule has 20 heavy (non-hydrogen) atoms. The third kappa shape index (κ3) is 3.81. The van der Waals surface area contributed by atoms with Crippen molar-refractivity contribution in [2.24, 2.45) is 0 Å². The highest BCUT2D eigenvalue weighted by Crippen LogP contribution is 2.22. The van der Waals surface area contributed by atoms with Crippen molar-refractivity contribution in [3.63, 3.8) is 0 Å². The predicted molar refractivity (Wildman–Crippen MR) is 84.2 cm³/mol. The monoisotopic (exact) mass is 276 g/mol. The fourth-order valence-electron chi connectivity index (χ4n) is 2.96. The molecule has 0 aromatic heterocycles. The van der Waals surface area contributed by atoms with Crippen molar-refractivity contribution < 1.29 is 4.74 Å². The summed E-state index contributed by atoms with van der Waals surface area (Å²) in [5, 5.41) is 3.64. The van der Waals surface area contributed by atoms with Gasteiger partial charge in [-0.2, -0.15) is 0 Å². The zero-order chi connectivity index (χ0) is 14.5. The average molecular weight is 276 g/mol. The van der Waals surface area contributed by atoms with Gasteiger partial charge < -0.3 is 10.1 Å². The van der Waals surface area contributed by atoms with Crippen LogP contribution < -0.4 is 5.32 Å². The minimum atomic E-state index is 0.394. The number of rotatable bonds is 6. The molecule has 0 aliphatic carbocycles. The molecule has 1 fully saturated rings. The Bertz CT molecular complexity index is 427. The summed E-state index contributed by atoms with van der Waals surface area (Å²) in [6.07, 6.45) is 1.15. The average Bonchev–Trinajstić information content (AvgIpc) is 2.95. The van der Waals surface area contributed by atoms with Gasteiger partial charge in [0.15, 0.2) is 0 Å². The minimum Gasteiger partial charge on any atom is -0.380 e. The summed E-state index contributed by atoms with van der Waals surface area (Å²) in [7, 11) is 2.22. The lowest BCUT2D eigenvalue weighted by Crippen LogP contribution is -2.39. The van der Waals surface area contributed by atoms with Crippen LogP contribution in [0.15, 0.2) is 18.2 Å². The first-order valence-corrected chi connectivity index (χ1v) is 7.70. The van der Waals surface area contributed by atoms with Crippen molar-refractivity contribution in [3.8, 4) is 0 Å². The summed E-state index contributed by atoms with van der Waals surface area (Å²) in [5.41, 5.74) is 4.13. The second-order valence-corrected chi connectivity index (χ2v) is 5.93. The fourth-order valence-corrected chi connectivity index (χ4v) is 2.96. The molecule has 2 rings (SSSR count). The maximum Gasteiger partial charge on any atom is 0.0622 e. The van der Waals surface area contributed by atoms with E-state index in [0.29, 0.717) is 12.1 Å². The lowest BCUT2D eigenvalue weighted by Gasteiger charge is -2.29. The summed E-state index contributed by atoms with van der Waals surface area (Å²) in [6, 6.07) is 7.71. The van der Waals surface area contributed by atoms with Crippen LogP contribution in [0.4, 0.5) is 0 Å². The van der Waals surface area contributed by atoms with E-state index in [1.54, 1.807) is 0 Å². The standard InChI is InChI=1S/C17H28N2O/c1-5-18-17(11-19(4)15-8-9-20-12-15)16-10-13(2)6-7-14(16)3/h6-7,10,15,17-18H,5,8-9,11-12H2,1-4H3. The van der Waals surface area contributed by atoms with E-state index in [9.17, 15) is 0 Å². The zero-order valence-electron chi connectivity index (χ0n) is 13.3. The molecule has 0 radical (unpaired) electrons. The second kappa shape index (κ2) is 7.21. The van der Waals surface area contributed by atoms with Gasteiger partial charge in [-0.1, -0.05) is 30.7 Å². The van der Waals surface area contributed by atoms with E-state index in [1.807, 2.05) is 0 Å². The molecule has 1 aliphatic rings. The highest BCUT2D eigenvalue weighted by molar-refractivity contribution is 5.33.